The Kier molecular flexibility index (Phi) is 22.3. The van der Waals surface area contributed by atoms with E-state index in [0.717, 1.165) is 19.3 Å². The molecule has 0 aromatic heterocycles. The third-order valence-corrected chi connectivity index (χ3v) is 5.80. The fourth-order valence-corrected chi connectivity index (χ4v) is 3.70. The number of carboxylic acids is 1. The first kappa shape index (κ1) is 31.7. The maximum Gasteiger partial charge on any atom is 1.00 e. The van der Waals surface area contributed by atoms with Crippen molar-refractivity contribution in [1.82, 2.24) is 0 Å². The second-order valence-electron chi connectivity index (χ2n) is 7.37. The summed E-state index contributed by atoms with van der Waals surface area (Å²) in [7, 11) is -4.79. The molecule has 29 heavy (non-hydrogen) atoms. The number of rotatable bonds is 19. The van der Waals surface area contributed by atoms with Crippen LogP contribution in [0.3, 0.4) is 0 Å². The number of aliphatic carboxylic acids is 1. The van der Waals surface area contributed by atoms with Crippen molar-refractivity contribution in [3.8, 4) is 0 Å². The Balaban J connectivity index is -0.00000364. The van der Waals surface area contributed by atoms with Gasteiger partial charge in [0.1, 0.15) is 0 Å². The normalized spacial score (nSPS) is 12.2. The molecule has 0 radical (unpaired) electrons. The van der Waals surface area contributed by atoms with E-state index in [-0.39, 0.29) is 59.4 Å². The number of carbonyl (C=O) groups is 2. The smallest absolute Gasteiger partial charge is 1.00 e. The molecule has 0 rings (SSSR count). The molecular weight excluding hydrogens is 423 g/mol. The third kappa shape index (κ3) is 20.2. The summed E-state index contributed by atoms with van der Waals surface area (Å²) in [5.41, 5.74) is 0. The van der Waals surface area contributed by atoms with Crippen LogP contribution in [0, 0.1) is 0 Å². The Morgan fingerprint density at radius 3 is 1.55 bits per heavy atom. The number of unbranched alkanes of at least 4 members (excludes halogenated alkanes) is 13. The maximum atomic E-state index is 11.6. The van der Waals surface area contributed by atoms with Crippen molar-refractivity contribution < 1.29 is 85.2 Å². The molecule has 0 aliphatic carbocycles. The van der Waals surface area contributed by atoms with Gasteiger partial charge in [0.2, 0.25) is 0 Å². The van der Waals surface area contributed by atoms with Gasteiger partial charge in [-0.05, 0) is 6.42 Å². The van der Waals surface area contributed by atoms with Crippen LogP contribution >= 0.6 is 0 Å². The van der Waals surface area contributed by atoms with Crippen LogP contribution in [0.4, 0.5) is 0 Å². The van der Waals surface area contributed by atoms with E-state index in [1.165, 1.54) is 64.2 Å². The van der Waals surface area contributed by atoms with Gasteiger partial charge in [0.05, 0.1) is 13.0 Å². The van der Waals surface area contributed by atoms with Gasteiger partial charge in [-0.3, -0.25) is 14.1 Å². The fraction of sp³-hybridized carbons (Fsp3) is 0.900. The summed E-state index contributed by atoms with van der Waals surface area (Å²) in [5.74, 6) is -2.70. The van der Waals surface area contributed by atoms with E-state index in [1.807, 2.05) is 0 Å². The molecule has 0 aromatic carbocycles. The molecule has 168 valence electrons. The van der Waals surface area contributed by atoms with Gasteiger partial charge in [-0.1, -0.05) is 90.4 Å². The summed E-state index contributed by atoms with van der Waals surface area (Å²) in [6, 6.07) is 0. The number of hydrogen-bond donors (Lipinski definition) is 2. The number of ether oxygens (including phenoxy) is 1. The minimum atomic E-state index is -4.79. The molecule has 0 saturated carbocycles. The standard InChI is InChI=1S/C20H38O7S.K.H/c1-2-3-4-5-6-7-8-9-10-11-12-13-14-15-16-27-20(23)18(17-19(21)22)28(24,25)26;;/h18H,2-17H2,1H3,(H,21,22)(H,24,25,26);;/q;+1;-1. The van der Waals surface area contributed by atoms with Gasteiger partial charge in [-0.2, -0.15) is 8.42 Å². The van der Waals surface area contributed by atoms with Crippen LogP contribution < -0.4 is 51.4 Å². The Labute approximate surface area is 220 Å². The summed E-state index contributed by atoms with van der Waals surface area (Å²) in [6.45, 7) is 2.26. The number of carbonyl (C=O) groups excluding carboxylic acids is 1. The molecule has 0 aromatic rings. The maximum absolute atomic E-state index is 11.6. The van der Waals surface area contributed by atoms with Gasteiger partial charge in [-0.25, -0.2) is 0 Å². The molecule has 9 heteroatoms. The molecule has 0 aliphatic rings. The van der Waals surface area contributed by atoms with Crippen molar-refractivity contribution in [3.05, 3.63) is 0 Å². The second-order valence-corrected chi connectivity index (χ2v) is 8.96. The first-order valence-corrected chi connectivity index (χ1v) is 12.1. The first-order valence-electron chi connectivity index (χ1n) is 10.6. The molecule has 0 heterocycles. The van der Waals surface area contributed by atoms with Crippen molar-refractivity contribution >= 4 is 22.1 Å². The van der Waals surface area contributed by atoms with E-state index < -0.39 is 33.7 Å². The zero-order valence-corrected chi connectivity index (χ0v) is 22.2. The van der Waals surface area contributed by atoms with Crippen LogP contribution in [-0.2, 0) is 24.4 Å². The molecule has 1 atom stereocenters. The zero-order chi connectivity index (χ0) is 21.3. The van der Waals surface area contributed by atoms with Gasteiger partial charge in [-0.15, -0.1) is 0 Å². The molecule has 7 nitrogen and oxygen atoms in total. The van der Waals surface area contributed by atoms with E-state index in [1.54, 1.807) is 0 Å². The summed E-state index contributed by atoms with van der Waals surface area (Å²) >= 11 is 0. The Morgan fingerprint density at radius 1 is 0.828 bits per heavy atom. The summed E-state index contributed by atoms with van der Waals surface area (Å²) < 4.78 is 35.8. The summed E-state index contributed by atoms with van der Waals surface area (Å²) in [5, 5.41) is 6.56. The van der Waals surface area contributed by atoms with Crippen molar-refractivity contribution in [2.45, 2.75) is 108 Å². The number of esters is 1. The second kappa shape index (κ2) is 20.4. The zero-order valence-electron chi connectivity index (χ0n) is 19.2. The molecule has 2 N–H and O–H groups in total. The molecule has 0 amide bonds. The predicted molar refractivity (Wildman–Crippen MR) is 110 cm³/mol. The van der Waals surface area contributed by atoms with Crippen molar-refractivity contribution in [3.63, 3.8) is 0 Å². The van der Waals surface area contributed by atoms with Gasteiger partial charge < -0.3 is 11.3 Å². The van der Waals surface area contributed by atoms with Crippen molar-refractivity contribution in [2.24, 2.45) is 0 Å². The largest absolute Gasteiger partial charge is 1.00 e. The molecule has 0 spiro atoms. The van der Waals surface area contributed by atoms with Gasteiger partial charge in [0, 0.05) is 0 Å². The molecule has 0 saturated heterocycles. The van der Waals surface area contributed by atoms with Crippen LogP contribution in [0.1, 0.15) is 105 Å². The fourth-order valence-electron chi connectivity index (χ4n) is 3.03. The van der Waals surface area contributed by atoms with Gasteiger partial charge in [0.25, 0.3) is 10.1 Å². The molecular formula is C20H39KO7S. The minimum Gasteiger partial charge on any atom is -1.00 e. The Hall–Kier alpha value is 0.486. The van der Waals surface area contributed by atoms with E-state index in [4.69, 9.17) is 14.4 Å². The predicted octanol–water partition coefficient (Wildman–Crippen LogP) is 1.86. The Bertz CT molecular complexity index is 529. The van der Waals surface area contributed by atoms with E-state index in [2.05, 4.69) is 6.92 Å². The Morgan fingerprint density at radius 2 is 1.21 bits per heavy atom. The molecule has 1 unspecified atom stereocenters. The van der Waals surface area contributed by atoms with Crippen LogP contribution in [0.5, 0.6) is 0 Å². The van der Waals surface area contributed by atoms with Crippen LogP contribution in [0.15, 0.2) is 0 Å². The monoisotopic (exact) mass is 462 g/mol. The van der Waals surface area contributed by atoms with Gasteiger partial charge in [0.15, 0.2) is 5.25 Å². The van der Waals surface area contributed by atoms with Crippen LogP contribution in [0.25, 0.3) is 0 Å². The average Bonchev–Trinajstić information content (AvgIpc) is 2.61. The summed E-state index contributed by atoms with van der Waals surface area (Å²) in [6.07, 6.45) is 15.7. The van der Waals surface area contributed by atoms with E-state index >= 15 is 0 Å². The van der Waals surface area contributed by atoms with Crippen molar-refractivity contribution in [1.29, 1.82) is 0 Å². The van der Waals surface area contributed by atoms with Crippen molar-refractivity contribution in [2.75, 3.05) is 6.61 Å². The third-order valence-electron chi connectivity index (χ3n) is 4.72. The number of carboxylic acid groups (broad SMARTS) is 1. The summed E-state index contributed by atoms with van der Waals surface area (Å²) in [4.78, 5) is 22.2. The van der Waals surface area contributed by atoms with Crippen LogP contribution in [-0.4, -0.2) is 41.9 Å². The molecule has 0 fully saturated rings. The SMILES string of the molecule is CCCCCCCCCCCCCCCCOC(=O)C(CC(=O)O)S(=O)(=O)O.[H-].[K+]. The topological polar surface area (TPSA) is 118 Å². The quantitative estimate of drug-likeness (QED) is 0.130. The minimum absolute atomic E-state index is 0. The van der Waals surface area contributed by atoms with Crippen LogP contribution in [0.2, 0.25) is 0 Å². The van der Waals surface area contributed by atoms with Gasteiger partial charge >= 0.3 is 63.3 Å². The average molecular weight is 463 g/mol. The molecule has 0 aliphatic heterocycles. The molecule has 0 bridgehead atoms. The van der Waals surface area contributed by atoms with E-state index in [0.29, 0.717) is 6.42 Å². The van der Waals surface area contributed by atoms with E-state index in [9.17, 15) is 18.0 Å². The first-order chi connectivity index (χ1) is 13.3. The number of hydrogen-bond acceptors (Lipinski definition) is 5.